The molecule has 2 heterocycles. The number of anilines is 1. The van der Waals surface area contributed by atoms with E-state index < -0.39 is 0 Å². The summed E-state index contributed by atoms with van der Waals surface area (Å²) >= 11 is 1.56. The number of amides is 1. The minimum Gasteiger partial charge on any atom is -0.299 e. The van der Waals surface area contributed by atoms with Gasteiger partial charge in [-0.25, -0.2) is 4.98 Å². The third kappa shape index (κ3) is 4.39. The number of thioether (sulfide) groups is 1. The smallest absolute Gasteiger partial charge is 0.234 e. The van der Waals surface area contributed by atoms with Gasteiger partial charge in [0.1, 0.15) is 6.33 Å². The van der Waals surface area contributed by atoms with E-state index in [9.17, 15) is 4.79 Å². The highest BCUT2D eigenvalue weighted by atomic mass is 32.2. The van der Waals surface area contributed by atoms with Crippen LogP contribution in [-0.2, 0) is 4.79 Å². The van der Waals surface area contributed by atoms with Crippen LogP contribution in [-0.4, -0.2) is 32.6 Å². The molecule has 1 fully saturated rings. The fourth-order valence-electron chi connectivity index (χ4n) is 4.93. The lowest BCUT2D eigenvalue weighted by Crippen LogP contribution is -2.40. The summed E-state index contributed by atoms with van der Waals surface area (Å²) < 4.78 is 2.12. The van der Waals surface area contributed by atoms with E-state index in [0.29, 0.717) is 17.3 Å². The summed E-state index contributed by atoms with van der Waals surface area (Å²) in [5.41, 5.74) is 8.28. The molecule has 38 heavy (non-hydrogen) atoms. The van der Waals surface area contributed by atoms with E-state index in [2.05, 4.69) is 70.2 Å². The van der Waals surface area contributed by atoms with Crippen molar-refractivity contribution >= 4 is 56.5 Å². The van der Waals surface area contributed by atoms with Crippen LogP contribution in [0.3, 0.4) is 0 Å². The topological polar surface area (TPSA) is 62.9 Å². The first-order valence-corrected chi connectivity index (χ1v) is 13.6. The predicted octanol–water partition coefficient (Wildman–Crippen LogP) is 6.96. The quantitative estimate of drug-likeness (QED) is 0.191. The van der Waals surface area contributed by atoms with Gasteiger partial charge in [0.2, 0.25) is 5.91 Å². The molecular weight excluding hydrogens is 490 g/mol. The third-order valence-corrected chi connectivity index (χ3v) is 7.80. The Hall–Kier alpha value is -4.23. The molecule has 0 radical (unpaired) electrons. The van der Waals surface area contributed by atoms with Gasteiger partial charge in [-0.15, -0.1) is 5.10 Å². The van der Waals surface area contributed by atoms with Crippen LogP contribution in [0.1, 0.15) is 28.7 Å². The lowest BCUT2D eigenvalue weighted by atomic mass is 10.1. The molecule has 6 nitrogen and oxygen atoms in total. The number of benzene rings is 4. The van der Waals surface area contributed by atoms with Crippen molar-refractivity contribution < 1.29 is 4.79 Å². The minimum atomic E-state index is 0.0508. The van der Waals surface area contributed by atoms with Crippen LogP contribution in [0.15, 0.2) is 89.3 Å². The number of hydrogen-bond acceptors (Lipinski definition) is 5. The van der Waals surface area contributed by atoms with Crippen LogP contribution in [0, 0.1) is 20.8 Å². The van der Waals surface area contributed by atoms with Gasteiger partial charge in [0.15, 0.2) is 5.17 Å². The Kier molecular flexibility index (Phi) is 6.29. The van der Waals surface area contributed by atoms with Crippen molar-refractivity contribution in [3.8, 4) is 5.69 Å². The van der Waals surface area contributed by atoms with Gasteiger partial charge in [-0.3, -0.25) is 14.3 Å². The Balaban J connectivity index is 1.31. The summed E-state index contributed by atoms with van der Waals surface area (Å²) in [6, 6.07) is 24.9. The second-order valence-corrected chi connectivity index (χ2v) is 10.6. The summed E-state index contributed by atoms with van der Waals surface area (Å²) in [5.74, 6) is 0.755. The third-order valence-electron chi connectivity index (χ3n) is 6.87. The number of hydrogen-bond donors (Lipinski definition) is 0. The molecule has 0 unspecified atom stereocenters. The lowest BCUT2D eigenvalue weighted by Gasteiger charge is -2.29. The first kappa shape index (κ1) is 24.1. The van der Waals surface area contributed by atoms with Crippen molar-refractivity contribution in [3.05, 3.63) is 101 Å². The Bertz CT molecular complexity index is 1730. The van der Waals surface area contributed by atoms with Crippen molar-refractivity contribution in [3.63, 3.8) is 0 Å². The highest BCUT2D eigenvalue weighted by molar-refractivity contribution is 8.14. The predicted molar refractivity (Wildman–Crippen MR) is 159 cm³/mol. The fraction of sp³-hybridized carbons (Fsp3) is 0.161. The maximum absolute atomic E-state index is 12.9. The molecular formula is C31H27N5OS. The highest BCUT2D eigenvalue weighted by Gasteiger charge is 2.29. The zero-order valence-corrected chi connectivity index (χ0v) is 22.4. The number of carbonyl (C=O) groups is 1. The summed E-state index contributed by atoms with van der Waals surface area (Å²) in [4.78, 5) is 19.3. The molecule has 0 N–H and O–H groups in total. The zero-order valence-electron chi connectivity index (χ0n) is 21.5. The number of aryl methyl sites for hydroxylation is 3. The molecule has 1 aliphatic rings. The summed E-state index contributed by atoms with van der Waals surface area (Å²) in [5, 5.41) is 11.6. The molecule has 188 valence electrons. The highest BCUT2D eigenvalue weighted by Crippen LogP contribution is 2.32. The molecule has 4 aromatic carbocycles. The fourth-order valence-corrected chi connectivity index (χ4v) is 5.82. The van der Waals surface area contributed by atoms with Crippen molar-refractivity contribution in [1.82, 2.24) is 9.55 Å². The van der Waals surface area contributed by atoms with E-state index in [0.717, 1.165) is 49.9 Å². The number of carbonyl (C=O) groups excluding carboxylic acids is 1. The SMILES string of the molecule is Cc1ccc(-n2cnc3c4ccc(/C=N/N=C5\SCCC(=O)N5c5c(C)cccc5C)cc4ccc32)cc1. The van der Waals surface area contributed by atoms with Crippen LogP contribution < -0.4 is 4.90 Å². The molecule has 6 rings (SSSR count). The van der Waals surface area contributed by atoms with Gasteiger partial charge < -0.3 is 0 Å². The van der Waals surface area contributed by atoms with E-state index in [1.54, 1.807) is 22.9 Å². The molecule has 1 amide bonds. The number of aromatic nitrogens is 2. The van der Waals surface area contributed by atoms with Crippen LogP contribution in [0.25, 0.3) is 27.5 Å². The van der Waals surface area contributed by atoms with Gasteiger partial charge in [-0.2, -0.15) is 5.10 Å². The van der Waals surface area contributed by atoms with Crippen LogP contribution in [0.2, 0.25) is 0 Å². The minimum absolute atomic E-state index is 0.0508. The number of imidazole rings is 1. The first-order chi connectivity index (χ1) is 18.5. The second-order valence-electron chi connectivity index (χ2n) is 9.56. The Morgan fingerprint density at radius 3 is 2.53 bits per heavy atom. The second kappa shape index (κ2) is 9.91. The van der Waals surface area contributed by atoms with E-state index in [1.165, 1.54) is 5.56 Å². The maximum Gasteiger partial charge on any atom is 0.234 e. The number of rotatable bonds is 4. The molecule has 0 bridgehead atoms. The van der Waals surface area contributed by atoms with E-state index in [-0.39, 0.29) is 5.91 Å². The molecule has 0 atom stereocenters. The molecule has 1 aromatic heterocycles. The molecule has 5 aromatic rings. The largest absolute Gasteiger partial charge is 0.299 e. The molecule has 0 aliphatic carbocycles. The average Bonchev–Trinajstić information content (AvgIpc) is 3.35. The van der Waals surface area contributed by atoms with Crippen molar-refractivity contribution in [1.29, 1.82) is 0 Å². The molecule has 0 saturated carbocycles. The van der Waals surface area contributed by atoms with E-state index in [4.69, 9.17) is 4.98 Å². The van der Waals surface area contributed by atoms with Gasteiger partial charge in [-0.05, 0) is 67.1 Å². The first-order valence-electron chi connectivity index (χ1n) is 12.6. The van der Waals surface area contributed by atoms with E-state index >= 15 is 0 Å². The van der Waals surface area contributed by atoms with Gasteiger partial charge in [0.05, 0.1) is 22.9 Å². The molecule has 7 heteroatoms. The summed E-state index contributed by atoms with van der Waals surface area (Å²) in [6.45, 7) is 6.13. The van der Waals surface area contributed by atoms with Gasteiger partial charge in [0.25, 0.3) is 0 Å². The summed E-state index contributed by atoms with van der Waals surface area (Å²) in [6.07, 6.45) is 4.11. The zero-order chi connectivity index (χ0) is 26.2. The molecule has 1 aliphatic heterocycles. The number of amidine groups is 1. The normalized spacial score (nSPS) is 15.4. The van der Waals surface area contributed by atoms with Crippen molar-refractivity contribution in [2.75, 3.05) is 10.7 Å². The van der Waals surface area contributed by atoms with Gasteiger partial charge >= 0.3 is 0 Å². The Morgan fingerprint density at radius 1 is 0.947 bits per heavy atom. The van der Waals surface area contributed by atoms with E-state index in [1.807, 2.05) is 44.4 Å². The van der Waals surface area contributed by atoms with Crippen LogP contribution >= 0.6 is 11.8 Å². The number of nitrogens with zero attached hydrogens (tertiary/aromatic N) is 5. The van der Waals surface area contributed by atoms with Crippen molar-refractivity contribution in [2.24, 2.45) is 10.2 Å². The molecule has 1 saturated heterocycles. The standard InChI is InChI=1S/C31H27N5OS/c1-20-7-11-25(12-8-20)35-19-32-29-26-13-9-23(17-24(26)10-14-27(29)35)18-33-34-31-36(28(37)15-16-38-31)30-21(2)5-4-6-22(30)3/h4-14,17-19H,15-16H2,1-3H3/b33-18+,34-31-. The Labute approximate surface area is 225 Å². The average molecular weight is 518 g/mol. The lowest BCUT2D eigenvalue weighted by molar-refractivity contribution is -0.117. The summed E-state index contributed by atoms with van der Waals surface area (Å²) in [7, 11) is 0. The maximum atomic E-state index is 12.9. The van der Waals surface area contributed by atoms with Gasteiger partial charge in [0, 0.05) is 23.2 Å². The van der Waals surface area contributed by atoms with Crippen LogP contribution in [0.5, 0.6) is 0 Å². The monoisotopic (exact) mass is 517 g/mol. The number of para-hydroxylation sites is 1. The Morgan fingerprint density at radius 2 is 1.74 bits per heavy atom. The van der Waals surface area contributed by atoms with Crippen LogP contribution in [0.4, 0.5) is 5.69 Å². The van der Waals surface area contributed by atoms with Gasteiger partial charge in [-0.1, -0.05) is 65.9 Å². The molecule has 0 spiro atoms. The van der Waals surface area contributed by atoms with Crippen molar-refractivity contribution in [2.45, 2.75) is 27.2 Å². The number of fused-ring (bicyclic) bond motifs is 3.